The number of aromatic amines is 1. The Hall–Kier alpha value is -2.66. The summed E-state index contributed by atoms with van der Waals surface area (Å²) in [4.78, 5) is 10.1. The third kappa shape index (κ3) is 3.28. The lowest BCUT2D eigenvalue weighted by Crippen LogP contribution is -2.45. The molecule has 0 fully saturated rings. The lowest BCUT2D eigenvalue weighted by atomic mass is 9.96. The molecule has 0 aliphatic carbocycles. The molecule has 0 saturated heterocycles. The lowest BCUT2D eigenvalue weighted by molar-refractivity contribution is 0.327. The summed E-state index contributed by atoms with van der Waals surface area (Å²) >= 11 is 5.73. The van der Waals surface area contributed by atoms with Crippen molar-refractivity contribution >= 4 is 17.3 Å². The smallest absolute Gasteiger partial charge is 0.170 e. The lowest BCUT2D eigenvalue weighted by Gasteiger charge is -2.37. The zero-order valence-corrected chi connectivity index (χ0v) is 14.7. The molecule has 1 aliphatic rings. The molecule has 4 rings (SSSR count). The highest BCUT2D eigenvalue weighted by atomic mass is 32.1. The molecule has 1 atom stereocenters. The average molecular weight is 348 g/mol. The Kier molecular flexibility index (Phi) is 4.48. The van der Waals surface area contributed by atoms with Gasteiger partial charge in [0.15, 0.2) is 5.11 Å². The van der Waals surface area contributed by atoms with Gasteiger partial charge in [0.05, 0.1) is 12.0 Å². The van der Waals surface area contributed by atoms with Crippen LogP contribution >= 0.6 is 12.2 Å². The number of imidazole rings is 1. The van der Waals surface area contributed by atoms with E-state index in [1.54, 1.807) is 6.33 Å². The van der Waals surface area contributed by atoms with Gasteiger partial charge in [0.25, 0.3) is 0 Å². The van der Waals surface area contributed by atoms with E-state index in [0.717, 1.165) is 30.3 Å². The molecule has 4 nitrogen and oxygen atoms in total. The van der Waals surface area contributed by atoms with Crippen molar-refractivity contribution in [2.24, 2.45) is 0 Å². The van der Waals surface area contributed by atoms with Gasteiger partial charge in [-0.3, -0.25) is 0 Å². The van der Waals surface area contributed by atoms with Crippen molar-refractivity contribution < 1.29 is 0 Å². The van der Waals surface area contributed by atoms with Gasteiger partial charge in [-0.1, -0.05) is 60.7 Å². The van der Waals surface area contributed by atoms with Gasteiger partial charge in [-0.2, -0.15) is 0 Å². The van der Waals surface area contributed by atoms with E-state index in [1.807, 2.05) is 24.3 Å². The zero-order chi connectivity index (χ0) is 17.1. The molecule has 3 aromatic rings. The molecular weight excluding hydrogens is 328 g/mol. The molecule has 0 saturated carbocycles. The van der Waals surface area contributed by atoms with Gasteiger partial charge in [-0.05, 0) is 23.3 Å². The van der Waals surface area contributed by atoms with Crippen LogP contribution in [0.4, 0.5) is 0 Å². The van der Waals surface area contributed by atoms with Crippen LogP contribution in [0.25, 0.3) is 0 Å². The van der Waals surface area contributed by atoms with Crippen LogP contribution in [0, 0.1) is 0 Å². The maximum atomic E-state index is 5.73. The van der Waals surface area contributed by atoms with Crippen LogP contribution in [0.1, 0.15) is 28.6 Å². The van der Waals surface area contributed by atoms with Crippen LogP contribution in [0.5, 0.6) is 0 Å². The van der Waals surface area contributed by atoms with E-state index in [2.05, 4.69) is 56.6 Å². The molecular formula is C20H20N4S. The third-order valence-electron chi connectivity index (χ3n) is 4.59. The van der Waals surface area contributed by atoms with E-state index in [0.29, 0.717) is 0 Å². The first kappa shape index (κ1) is 15.8. The molecule has 1 aromatic heterocycles. The average Bonchev–Trinajstić information content (AvgIpc) is 3.15. The molecule has 0 spiro atoms. The van der Waals surface area contributed by atoms with Gasteiger partial charge in [-0.15, -0.1) is 0 Å². The SMILES string of the molecule is S=C(NCc1ccccc1)N1CCc2[nH]cnc2[C@H]1c1ccccc1. The Balaban J connectivity index is 1.58. The van der Waals surface area contributed by atoms with Crippen molar-refractivity contribution in [3.8, 4) is 0 Å². The Labute approximate surface area is 152 Å². The summed E-state index contributed by atoms with van der Waals surface area (Å²) in [5.41, 5.74) is 4.70. The number of aromatic nitrogens is 2. The van der Waals surface area contributed by atoms with Crippen LogP contribution in [-0.4, -0.2) is 26.5 Å². The molecule has 1 aliphatic heterocycles. The number of nitrogens with one attached hydrogen (secondary N) is 2. The summed E-state index contributed by atoms with van der Waals surface area (Å²) < 4.78 is 0. The number of fused-ring (bicyclic) bond motifs is 1. The number of hydrogen-bond acceptors (Lipinski definition) is 2. The van der Waals surface area contributed by atoms with Gasteiger partial charge in [-0.25, -0.2) is 4.98 Å². The zero-order valence-electron chi connectivity index (χ0n) is 13.9. The van der Waals surface area contributed by atoms with Crippen molar-refractivity contribution in [1.29, 1.82) is 0 Å². The number of H-pyrrole nitrogens is 1. The summed E-state index contributed by atoms with van der Waals surface area (Å²) in [6.45, 7) is 1.60. The Morgan fingerprint density at radius 1 is 1.12 bits per heavy atom. The first-order valence-corrected chi connectivity index (χ1v) is 8.89. The van der Waals surface area contributed by atoms with E-state index in [1.165, 1.54) is 16.8 Å². The van der Waals surface area contributed by atoms with Gasteiger partial charge in [0.2, 0.25) is 0 Å². The Morgan fingerprint density at radius 3 is 2.60 bits per heavy atom. The number of rotatable bonds is 3. The van der Waals surface area contributed by atoms with E-state index in [9.17, 15) is 0 Å². The fourth-order valence-electron chi connectivity index (χ4n) is 3.34. The summed E-state index contributed by atoms with van der Waals surface area (Å²) in [6.07, 6.45) is 2.70. The third-order valence-corrected chi connectivity index (χ3v) is 4.97. The molecule has 2 aromatic carbocycles. The molecule has 126 valence electrons. The predicted octanol–water partition coefficient (Wildman–Crippen LogP) is 3.43. The fourth-order valence-corrected chi connectivity index (χ4v) is 3.61. The first-order chi connectivity index (χ1) is 12.3. The second-order valence-corrected chi connectivity index (χ2v) is 6.55. The molecule has 2 N–H and O–H groups in total. The summed E-state index contributed by atoms with van der Waals surface area (Å²) in [6, 6.07) is 20.8. The van der Waals surface area contributed by atoms with Crippen LogP contribution < -0.4 is 5.32 Å². The van der Waals surface area contributed by atoms with E-state index in [4.69, 9.17) is 12.2 Å². The van der Waals surface area contributed by atoms with Crippen LogP contribution in [-0.2, 0) is 13.0 Å². The van der Waals surface area contributed by atoms with Crippen molar-refractivity contribution in [3.05, 3.63) is 89.5 Å². The molecule has 0 unspecified atom stereocenters. The summed E-state index contributed by atoms with van der Waals surface area (Å²) in [5.74, 6) is 0. The van der Waals surface area contributed by atoms with Crippen molar-refractivity contribution in [2.45, 2.75) is 19.0 Å². The predicted molar refractivity (Wildman–Crippen MR) is 103 cm³/mol. The number of thiocarbonyl (C=S) groups is 1. The molecule has 25 heavy (non-hydrogen) atoms. The van der Waals surface area contributed by atoms with E-state index < -0.39 is 0 Å². The standard InChI is InChI=1S/C20H20N4S/c25-20(21-13-15-7-3-1-4-8-15)24-12-11-17-18(23-14-22-17)19(24)16-9-5-2-6-10-16/h1-10,14,19H,11-13H2,(H,21,25)(H,22,23)/t19-/m1/s1. The van der Waals surface area contributed by atoms with Gasteiger partial charge >= 0.3 is 0 Å². The Morgan fingerprint density at radius 2 is 1.84 bits per heavy atom. The van der Waals surface area contributed by atoms with E-state index >= 15 is 0 Å². The number of hydrogen-bond donors (Lipinski definition) is 2. The summed E-state index contributed by atoms with van der Waals surface area (Å²) in [7, 11) is 0. The monoisotopic (exact) mass is 348 g/mol. The van der Waals surface area contributed by atoms with Gasteiger partial charge < -0.3 is 15.2 Å². The van der Waals surface area contributed by atoms with Gasteiger partial charge in [0, 0.05) is 25.2 Å². The van der Waals surface area contributed by atoms with Gasteiger partial charge in [0.1, 0.15) is 6.04 Å². The first-order valence-electron chi connectivity index (χ1n) is 8.48. The van der Waals surface area contributed by atoms with Crippen LogP contribution in [0.3, 0.4) is 0 Å². The highest BCUT2D eigenvalue weighted by Crippen LogP contribution is 2.33. The molecule has 2 heterocycles. The maximum absolute atomic E-state index is 5.73. The molecule has 0 bridgehead atoms. The normalized spacial score (nSPS) is 16.3. The second kappa shape index (κ2) is 7.07. The molecule has 0 amide bonds. The van der Waals surface area contributed by atoms with E-state index in [-0.39, 0.29) is 6.04 Å². The van der Waals surface area contributed by atoms with Crippen molar-refractivity contribution in [3.63, 3.8) is 0 Å². The van der Waals surface area contributed by atoms with Crippen molar-refractivity contribution in [1.82, 2.24) is 20.2 Å². The largest absolute Gasteiger partial charge is 0.358 e. The molecule has 0 radical (unpaired) electrons. The second-order valence-electron chi connectivity index (χ2n) is 6.17. The Bertz CT molecular complexity index is 844. The topological polar surface area (TPSA) is 44.0 Å². The minimum absolute atomic E-state index is 0.0481. The quantitative estimate of drug-likeness (QED) is 0.712. The van der Waals surface area contributed by atoms with Crippen molar-refractivity contribution in [2.75, 3.05) is 6.54 Å². The van der Waals surface area contributed by atoms with Crippen LogP contribution in [0.15, 0.2) is 67.0 Å². The summed E-state index contributed by atoms with van der Waals surface area (Å²) in [5, 5.41) is 4.18. The van der Waals surface area contributed by atoms with Crippen LogP contribution in [0.2, 0.25) is 0 Å². The minimum Gasteiger partial charge on any atom is -0.358 e. The minimum atomic E-state index is 0.0481. The number of nitrogens with zero attached hydrogens (tertiary/aromatic N) is 2. The maximum Gasteiger partial charge on any atom is 0.170 e. The highest BCUT2D eigenvalue weighted by molar-refractivity contribution is 7.80. The molecule has 5 heteroatoms. The number of benzene rings is 2. The highest BCUT2D eigenvalue weighted by Gasteiger charge is 2.32. The fraction of sp³-hybridized carbons (Fsp3) is 0.200.